The first-order valence-electron chi connectivity index (χ1n) is 3.42. The summed E-state index contributed by atoms with van der Waals surface area (Å²) in [6.07, 6.45) is 0. The second-order valence-electron chi connectivity index (χ2n) is 2.32. The van der Waals surface area contributed by atoms with Crippen molar-refractivity contribution in [3.63, 3.8) is 0 Å². The maximum atomic E-state index is 11.9. The van der Waals surface area contributed by atoms with Crippen LogP contribution < -0.4 is 0 Å². The topological polar surface area (TPSA) is 54.4 Å². The number of benzene rings is 1. The molecule has 0 aliphatic rings. The van der Waals surface area contributed by atoms with Gasteiger partial charge in [0, 0.05) is 4.90 Å². The van der Waals surface area contributed by atoms with E-state index in [-0.39, 0.29) is 9.79 Å². The molecule has 1 aromatic carbocycles. The van der Waals surface area contributed by atoms with E-state index in [4.69, 9.17) is 4.55 Å². The van der Waals surface area contributed by atoms with E-state index in [9.17, 15) is 17.2 Å². The summed E-state index contributed by atoms with van der Waals surface area (Å²) in [5.41, 5.74) is 0. The van der Waals surface area contributed by atoms with Crippen LogP contribution in [0.2, 0.25) is 0 Å². The normalized spacial score (nSPS) is 12.0. The average Bonchev–Trinajstić information content (AvgIpc) is 2.02. The Labute approximate surface area is 83.9 Å². The van der Waals surface area contributed by atoms with Crippen LogP contribution in [0.5, 0.6) is 0 Å². The molecule has 1 aromatic rings. The minimum absolute atomic E-state index is 0.243. The summed E-state index contributed by atoms with van der Waals surface area (Å²) in [7, 11) is -4.24. The first kappa shape index (κ1) is 11.4. The van der Waals surface area contributed by atoms with E-state index in [1.165, 1.54) is 12.1 Å². The van der Waals surface area contributed by atoms with Crippen molar-refractivity contribution in [1.29, 1.82) is 0 Å². The van der Waals surface area contributed by atoms with Gasteiger partial charge in [0.05, 0.1) is 4.90 Å². The molecule has 0 radical (unpaired) electrons. The highest BCUT2D eigenvalue weighted by atomic mass is 32.2. The second-order valence-corrected chi connectivity index (χ2v) is 4.81. The van der Waals surface area contributed by atoms with E-state index in [1.54, 1.807) is 0 Å². The van der Waals surface area contributed by atoms with Crippen LogP contribution in [0.4, 0.5) is 8.78 Å². The third-order valence-electron chi connectivity index (χ3n) is 1.35. The Morgan fingerprint density at radius 3 is 2.07 bits per heavy atom. The molecule has 78 valence electrons. The third-order valence-corrected chi connectivity index (χ3v) is 2.94. The lowest BCUT2D eigenvalue weighted by atomic mass is 10.4. The van der Waals surface area contributed by atoms with Gasteiger partial charge in [-0.05, 0) is 24.3 Å². The summed E-state index contributed by atoms with van der Waals surface area (Å²) in [6, 6.07) is 4.56. The van der Waals surface area contributed by atoms with Gasteiger partial charge in [-0.15, -0.1) is 0 Å². The minimum atomic E-state index is -4.24. The molecule has 14 heavy (non-hydrogen) atoms. The lowest BCUT2D eigenvalue weighted by molar-refractivity contribution is 0.252. The molecular formula is C7H6F2O3S2. The zero-order chi connectivity index (χ0) is 10.8. The molecule has 0 saturated carbocycles. The highest BCUT2D eigenvalue weighted by molar-refractivity contribution is 7.99. The van der Waals surface area contributed by atoms with Crippen molar-refractivity contribution < 1.29 is 21.8 Å². The van der Waals surface area contributed by atoms with Gasteiger partial charge in [-0.3, -0.25) is 4.55 Å². The fourth-order valence-electron chi connectivity index (χ4n) is 0.793. The summed E-state index contributed by atoms with van der Waals surface area (Å²) in [5, 5.41) is 0. The number of hydrogen-bond donors (Lipinski definition) is 1. The SMILES string of the molecule is O=S(=O)(O)c1ccc(SC(F)F)cc1. The average molecular weight is 240 g/mol. The lowest BCUT2D eigenvalue weighted by Gasteiger charge is -2.00. The Balaban J connectivity index is 2.90. The Morgan fingerprint density at radius 2 is 1.71 bits per heavy atom. The van der Waals surface area contributed by atoms with Gasteiger partial charge >= 0.3 is 0 Å². The maximum absolute atomic E-state index is 11.9. The molecule has 0 aliphatic heterocycles. The van der Waals surface area contributed by atoms with Crippen molar-refractivity contribution in [2.24, 2.45) is 0 Å². The predicted molar refractivity (Wildman–Crippen MR) is 48.1 cm³/mol. The number of hydrogen-bond acceptors (Lipinski definition) is 3. The van der Waals surface area contributed by atoms with Crippen LogP contribution in [0.25, 0.3) is 0 Å². The fraction of sp³-hybridized carbons (Fsp3) is 0.143. The van der Waals surface area contributed by atoms with Crippen LogP contribution in [0.15, 0.2) is 34.1 Å². The smallest absolute Gasteiger partial charge is 0.282 e. The summed E-state index contributed by atoms with van der Waals surface area (Å²) < 4.78 is 53.4. The van der Waals surface area contributed by atoms with Crippen LogP contribution in [-0.2, 0) is 10.1 Å². The fourth-order valence-corrected chi connectivity index (χ4v) is 1.77. The van der Waals surface area contributed by atoms with Crippen molar-refractivity contribution >= 4 is 21.9 Å². The summed E-state index contributed by atoms with van der Waals surface area (Å²) in [4.78, 5) is -0.0662. The molecule has 1 N–H and O–H groups in total. The minimum Gasteiger partial charge on any atom is -0.282 e. The van der Waals surface area contributed by atoms with Gasteiger partial charge in [-0.25, -0.2) is 0 Å². The van der Waals surface area contributed by atoms with Crippen molar-refractivity contribution in [3.8, 4) is 0 Å². The van der Waals surface area contributed by atoms with Crippen LogP contribution in [0.3, 0.4) is 0 Å². The number of halogens is 2. The Hall–Kier alpha value is -0.660. The molecule has 0 aliphatic carbocycles. The van der Waals surface area contributed by atoms with Crippen LogP contribution in [0, 0.1) is 0 Å². The van der Waals surface area contributed by atoms with Crippen LogP contribution in [-0.4, -0.2) is 18.7 Å². The lowest BCUT2D eigenvalue weighted by Crippen LogP contribution is -1.97. The molecule has 3 nitrogen and oxygen atoms in total. The van der Waals surface area contributed by atoms with Crippen molar-refractivity contribution in [2.45, 2.75) is 15.5 Å². The van der Waals surface area contributed by atoms with Crippen molar-refractivity contribution in [3.05, 3.63) is 24.3 Å². The number of alkyl halides is 2. The molecule has 0 fully saturated rings. The zero-order valence-electron chi connectivity index (χ0n) is 6.72. The monoisotopic (exact) mass is 240 g/mol. The largest absolute Gasteiger partial charge is 0.294 e. The first-order chi connectivity index (χ1) is 6.39. The first-order valence-corrected chi connectivity index (χ1v) is 5.74. The molecule has 0 amide bonds. The quantitative estimate of drug-likeness (QED) is 0.650. The standard InChI is InChI=1S/C7H6F2O3S2/c8-7(9)13-5-1-3-6(4-2-5)14(10,11)12/h1-4,7H,(H,10,11,12). The summed E-state index contributed by atoms with van der Waals surface area (Å²) in [5.74, 6) is -2.55. The molecule has 0 aromatic heterocycles. The van der Waals surface area contributed by atoms with Gasteiger partial charge in [0.1, 0.15) is 0 Å². The van der Waals surface area contributed by atoms with E-state index >= 15 is 0 Å². The highest BCUT2D eigenvalue weighted by Crippen LogP contribution is 2.25. The van der Waals surface area contributed by atoms with Gasteiger partial charge in [0.15, 0.2) is 0 Å². The summed E-state index contributed by atoms with van der Waals surface area (Å²) in [6.45, 7) is 0. The van der Waals surface area contributed by atoms with Gasteiger partial charge in [0.2, 0.25) is 0 Å². The molecule has 1 rings (SSSR count). The van der Waals surface area contributed by atoms with E-state index < -0.39 is 15.9 Å². The molecule has 0 saturated heterocycles. The Bertz CT molecular complexity index is 399. The van der Waals surface area contributed by atoms with E-state index in [1.807, 2.05) is 0 Å². The van der Waals surface area contributed by atoms with E-state index in [2.05, 4.69) is 0 Å². The molecule has 0 heterocycles. The van der Waals surface area contributed by atoms with Gasteiger partial charge in [0.25, 0.3) is 15.9 Å². The Kier molecular flexibility index (Phi) is 3.46. The van der Waals surface area contributed by atoms with Crippen LogP contribution in [0.1, 0.15) is 0 Å². The van der Waals surface area contributed by atoms with E-state index in [0.29, 0.717) is 11.8 Å². The highest BCUT2D eigenvalue weighted by Gasteiger charge is 2.10. The second kappa shape index (κ2) is 4.24. The molecule has 0 spiro atoms. The van der Waals surface area contributed by atoms with Gasteiger partial charge in [-0.1, -0.05) is 11.8 Å². The zero-order valence-corrected chi connectivity index (χ0v) is 8.36. The van der Waals surface area contributed by atoms with E-state index in [0.717, 1.165) is 12.1 Å². The molecule has 0 unspecified atom stereocenters. The summed E-state index contributed by atoms with van der Waals surface area (Å²) >= 11 is 0.308. The molecule has 0 bridgehead atoms. The van der Waals surface area contributed by atoms with Crippen molar-refractivity contribution in [1.82, 2.24) is 0 Å². The molecular weight excluding hydrogens is 234 g/mol. The third kappa shape index (κ3) is 3.24. The maximum Gasteiger partial charge on any atom is 0.294 e. The van der Waals surface area contributed by atoms with Gasteiger partial charge < -0.3 is 0 Å². The molecule has 7 heteroatoms. The number of rotatable bonds is 3. The van der Waals surface area contributed by atoms with Crippen molar-refractivity contribution in [2.75, 3.05) is 0 Å². The number of thioether (sulfide) groups is 1. The van der Waals surface area contributed by atoms with Gasteiger partial charge in [-0.2, -0.15) is 17.2 Å². The Morgan fingerprint density at radius 1 is 1.21 bits per heavy atom. The molecule has 0 atom stereocenters. The predicted octanol–water partition coefficient (Wildman–Crippen LogP) is 2.25. The van der Waals surface area contributed by atoms with Crippen LogP contribution >= 0.6 is 11.8 Å².